The minimum Gasteiger partial charge on any atom is -0.454 e. The Balaban J connectivity index is 1.28. The van der Waals surface area contributed by atoms with Crippen LogP contribution in [0.4, 0.5) is 10.8 Å². The lowest BCUT2D eigenvalue weighted by atomic mass is 10.1. The third-order valence-corrected chi connectivity index (χ3v) is 6.18. The van der Waals surface area contributed by atoms with E-state index in [1.807, 2.05) is 31.2 Å². The van der Waals surface area contributed by atoms with Crippen molar-refractivity contribution in [2.75, 3.05) is 23.6 Å². The highest BCUT2D eigenvalue weighted by molar-refractivity contribution is 7.15. The maximum absolute atomic E-state index is 12.6. The minimum absolute atomic E-state index is 0.0502. The molecule has 0 bridgehead atoms. The van der Waals surface area contributed by atoms with Gasteiger partial charge in [0.15, 0.2) is 11.5 Å². The van der Waals surface area contributed by atoms with Crippen LogP contribution in [-0.2, 0) is 4.79 Å². The number of nitrogens with one attached hydrogen (secondary N) is 1. The lowest BCUT2D eigenvalue weighted by Crippen LogP contribution is -2.25. The van der Waals surface area contributed by atoms with Gasteiger partial charge in [0.2, 0.25) is 17.8 Å². The number of hydrogen-bond acceptors (Lipinski definition) is 7. The van der Waals surface area contributed by atoms with Gasteiger partial charge in [0.05, 0.1) is 0 Å². The van der Waals surface area contributed by atoms with Crippen molar-refractivity contribution in [2.24, 2.45) is 0 Å². The number of carbonyl (C=O) groups is 2. The number of carbonyl (C=O) groups excluding carboxylic acids is 2. The van der Waals surface area contributed by atoms with E-state index in [1.54, 1.807) is 23.1 Å². The molecule has 1 saturated heterocycles. The van der Waals surface area contributed by atoms with Crippen molar-refractivity contribution in [3.8, 4) is 11.5 Å². The number of para-hydroxylation sites is 1. The lowest BCUT2D eigenvalue weighted by Gasteiger charge is -2.18. The lowest BCUT2D eigenvalue weighted by molar-refractivity contribution is -0.117. The smallest absolute Gasteiger partial charge is 0.257 e. The number of rotatable bonds is 4. The van der Waals surface area contributed by atoms with E-state index in [0.717, 1.165) is 16.3 Å². The van der Waals surface area contributed by atoms with Crippen LogP contribution in [0.25, 0.3) is 0 Å². The van der Waals surface area contributed by atoms with E-state index in [4.69, 9.17) is 9.47 Å². The van der Waals surface area contributed by atoms with Gasteiger partial charge in [-0.3, -0.25) is 14.9 Å². The Bertz CT molecular complexity index is 1150. The molecule has 152 valence electrons. The van der Waals surface area contributed by atoms with E-state index in [0.29, 0.717) is 35.2 Å². The third-order valence-electron chi connectivity index (χ3n) is 5.18. The summed E-state index contributed by atoms with van der Waals surface area (Å²) >= 11 is 1.29. The topological polar surface area (TPSA) is 93.7 Å². The van der Waals surface area contributed by atoms with Crippen LogP contribution in [0.2, 0.25) is 0 Å². The summed E-state index contributed by atoms with van der Waals surface area (Å²) in [7, 11) is 0. The number of hydrogen-bond donors (Lipinski definition) is 1. The highest BCUT2D eigenvalue weighted by atomic mass is 32.1. The molecule has 0 saturated carbocycles. The average Bonchev–Trinajstić information content (AvgIpc) is 3.47. The monoisotopic (exact) mass is 422 g/mol. The first-order valence-electron chi connectivity index (χ1n) is 9.49. The number of amides is 2. The number of ether oxygens (including phenoxy) is 2. The van der Waals surface area contributed by atoms with Gasteiger partial charge in [0.25, 0.3) is 5.91 Å². The Labute approximate surface area is 176 Å². The predicted octanol–water partition coefficient (Wildman–Crippen LogP) is 3.35. The summed E-state index contributed by atoms with van der Waals surface area (Å²) in [5, 5.41) is 12.2. The number of aryl methyl sites for hydroxylation is 1. The number of aromatic nitrogens is 2. The summed E-state index contributed by atoms with van der Waals surface area (Å²) in [6.07, 6.45) is 0.374. The van der Waals surface area contributed by atoms with Crippen molar-refractivity contribution >= 4 is 34.0 Å². The second-order valence-corrected chi connectivity index (χ2v) is 8.17. The fourth-order valence-corrected chi connectivity index (χ4v) is 4.46. The molecule has 3 heterocycles. The molecule has 9 heteroatoms. The maximum atomic E-state index is 12.6. The zero-order valence-corrected chi connectivity index (χ0v) is 16.9. The molecule has 2 aromatic carbocycles. The number of fused-ring (bicyclic) bond motifs is 1. The first-order chi connectivity index (χ1) is 14.6. The van der Waals surface area contributed by atoms with Crippen LogP contribution in [0.1, 0.15) is 33.3 Å². The Morgan fingerprint density at radius 1 is 1.17 bits per heavy atom. The second-order valence-electron chi connectivity index (χ2n) is 7.16. The molecule has 30 heavy (non-hydrogen) atoms. The van der Waals surface area contributed by atoms with E-state index >= 15 is 0 Å². The Kier molecular flexibility index (Phi) is 4.59. The Morgan fingerprint density at radius 3 is 2.87 bits per heavy atom. The third kappa shape index (κ3) is 3.37. The molecular weight excluding hydrogens is 404 g/mol. The van der Waals surface area contributed by atoms with E-state index < -0.39 is 0 Å². The number of benzene rings is 2. The molecule has 2 aliphatic heterocycles. The molecule has 1 fully saturated rings. The molecule has 2 amide bonds. The highest BCUT2D eigenvalue weighted by Crippen LogP contribution is 2.36. The Morgan fingerprint density at radius 2 is 2.00 bits per heavy atom. The summed E-state index contributed by atoms with van der Waals surface area (Å²) < 4.78 is 10.6. The van der Waals surface area contributed by atoms with E-state index in [2.05, 4.69) is 15.5 Å². The van der Waals surface area contributed by atoms with Gasteiger partial charge in [-0.25, -0.2) is 0 Å². The fraction of sp³-hybridized carbons (Fsp3) is 0.238. The van der Waals surface area contributed by atoms with Crippen molar-refractivity contribution in [3.05, 3.63) is 58.6 Å². The SMILES string of the molecule is Cc1ccccc1N1C[C@H](c2nnc(NC(=O)c3ccc4c(c3)OCO4)s2)CC1=O. The summed E-state index contributed by atoms with van der Waals surface area (Å²) in [6, 6.07) is 12.8. The first-order valence-corrected chi connectivity index (χ1v) is 10.3. The number of anilines is 2. The molecule has 3 aromatic rings. The molecule has 5 rings (SSSR count). The van der Waals surface area contributed by atoms with Crippen molar-refractivity contribution in [3.63, 3.8) is 0 Å². The molecule has 1 atom stereocenters. The van der Waals surface area contributed by atoms with Gasteiger partial charge in [-0.05, 0) is 36.8 Å². The molecular formula is C21H18N4O4S. The zero-order chi connectivity index (χ0) is 20.7. The van der Waals surface area contributed by atoms with Crippen molar-refractivity contribution < 1.29 is 19.1 Å². The van der Waals surface area contributed by atoms with Crippen LogP contribution in [0.15, 0.2) is 42.5 Å². The van der Waals surface area contributed by atoms with Gasteiger partial charge in [0, 0.05) is 30.1 Å². The normalized spacial score (nSPS) is 17.4. The van der Waals surface area contributed by atoms with Crippen LogP contribution in [0.5, 0.6) is 11.5 Å². The predicted molar refractivity (Wildman–Crippen MR) is 111 cm³/mol. The molecule has 0 spiro atoms. The number of nitrogens with zero attached hydrogens (tertiary/aromatic N) is 3. The highest BCUT2D eigenvalue weighted by Gasteiger charge is 2.34. The Hall–Kier alpha value is -3.46. The van der Waals surface area contributed by atoms with Crippen molar-refractivity contribution in [2.45, 2.75) is 19.3 Å². The zero-order valence-electron chi connectivity index (χ0n) is 16.1. The molecule has 0 aliphatic carbocycles. The van der Waals surface area contributed by atoms with Gasteiger partial charge >= 0.3 is 0 Å². The van der Waals surface area contributed by atoms with Gasteiger partial charge in [-0.2, -0.15) is 0 Å². The largest absolute Gasteiger partial charge is 0.454 e. The maximum Gasteiger partial charge on any atom is 0.257 e. The molecule has 0 unspecified atom stereocenters. The van der Waals surface area contributed by atoms with Gasteiger partial charge < -0.3 is 14.4 Å². The summed E-state index contributed by atoms with van der Waals surface area (Å²) in [5.41, 5.74) is 2.42. The average molecular weight is 422 g/mol. The van der Waals surface area contributed by atoms with E-state index in [1.165, 1.54) is 11.3 Å². The first kappa shape index (κ1) is 18.6. The van der Waals surface area contributed by atoms with E-state index in [9.17, 15) is 9.59 Å². The van der Waals surface area contributed by atoms with Crippen LogP contribution in [-0.4, -0.2) is 35.3 Å². The van der Waals surface area contributed by atoms with Gasteiger partial charge in [0.1, 0.15) is 5.01 Å². The molecule has 1 N–H and O–H groups in total. The van der Waals surface area contributed by atoms with Crippen LogP contribution >= 0.6 is 11.3 Å². The summed E-state index contributed by atoms with van der Waals surface area (Å²) in [5.74, 6) is 0.872. The van der Waals surface area contributed by atoms with Crippen molar-refractivity contribution in [1.29, 1.82) is 0 Å². The van der Waals surface area contributed by atoms with Crippen molar-refractivity contribution in [1.82, 2.24) is 10.2 Å². The standard InChI is InChI=1S/C21H18N4O4S/c1-12-4-2-3-5-15(12)25-10-14(9-18(25)26)20-23-24-21(30-20)22-19(27)13-6-7-16-17(8-13)29-11-28-16/h2-8,14H,9-11H2,1H3,(H,22,24,27)/t14-/m1/s1. The molecule has 8 nitrogen and oxygen atoms in total. The van der Waals surface area contributed by atoms with Crippen LogP contribution in [0, 0.1) is 6.92 Å². The minimum atomic E-state index is -0.306. The second kappa shape index (κ2) is 7.42. The van der Waals surface area contributed by atoms with Gasteiger partial charge in [-0.15, -0.1) is 10.2 Å². The summed E-state index contributed by atoms with van der Waals surface area (Å²) in [6.45, 7) is 2.69. The molecule has 2 aliphatic rings. The van der Waals surface area contributed by atoms with Crippen LogP contribution in [0.3, 0.4) is 0 Å². The van der Waals surface area contributed by atoms with Gasteiger partial charge in [-0.1, -0.05) is 29.5 Å². The fourth-order valence-electron chi connectivity index (χ4n) is 3.63. The molecule has 1 aromatic heterocycles. The van der Waals surface area contributed by atoms with E-state index in [-0.39, 0.29) is 24.5 Å². The quantitative estimate of drug-likeness (QED) is 0.693. The molecule has 0 radical (unpaired) electrons. The summed E-state index contributed by atoms with van der Waals surface area (Å²) in [4.78, 5) is 26.9. The van der Waals surface area contributed by atoms with Crippen LogP contribution < -0.4 is 19.7 Å².